The number of carbonyl (C=O) groups is 1. The Morgan fingerprint density at radius 2 is 1.81 bits per heavy atom. The first kappa shape index (κ1) is 21.8. The highest BCUT2D eigenvalue weighted by molar-refractivity contribution is 5.99. The van der Waals surface area contributed by atoms with Crippen molar-refractivity contribution in [3.05, 3.63) is 67.0 Å². The summed E-state index contributed by atoms with van der Waals surface area (Å²) in [6, 6.07) is 11.0. The molecule has 2 heterocycles. The van der Waals surface area contributed by atoms with Crippen LogP contribution in [0.25, 0.3) is 0 Å². The number of anilines is 5. The normalized spacial score (nSPS) is 10.8. The molecule has 0 bridgehead atoms. The highest BCUT2D eigenvalue weighted by atomic mass is 16.5. The lowest BCUT2D eigenvalue weighted by molar-refractivity contribution is -0.111. The summed E-state index contributed by atoms with van der Waals surface area (Å²) in [5.41, 5.74) is 2.94. The lowest BCUT2D eigenvalue weighted by atomic mass is 9.88. The number of ether oxygens (including phenoxy) is 1. The van der Waals surface area contributed by atoms with E-state index in [9.17, 15) is 4.79 Å². The molecule has 1 aromatic carbocycles. The molecule has 0 saturated heterocycles. The summed E-state index contributed by atoms with van der Waals surface area (Å²) in [6.07, 6.45) is 4.69. The zero-order chi connectivity index (χ0) is 22.4. The van der Waals surface area contributed by atoms with Gasteiger partial charge >= 0.3 is 0 Å². The van der Waals surface area contributed by atoms with Crippen molar-refractivity contribution in [2.75, 3.05) is 23.1 Å². The first-order valence-electron chi connectivity index (χ1n) is 9.73. The summed E-state index contributed by atoms with van der Waals surface area (Å²) in [5.74, 6) is 1.35. The number of aromatic nitrogens is 3. The largest absolute Gasteiger partial charge is 0.481 e. The third-order valence-corrected chi connectivity index (χ3v) is 4.38. The third kappa shape index (κ3) is 5.79. The molecule has 2 aromatic heterocycles. The van der Waals surface area contributed by atoms with Crippen molar-refractivity contribution in [2.45, 2.75) is 26.2 Å². The van der Waals surface area contributed by atoms with Gasteiger partial charge in [0.1, 0.15) is 5.82 Å². The van der Waals surface area contributed by atoms with E-state index >= 15 is 0 Å². The van der Waals surface area contributed by atoms with Crippen LogP contribution in [0.2, 0.25) is 0 Å². The second-order valence-electron chi connectivity index (χ2n) is 7.82. The Kier molecular flexibility index (Phi) is 6.49. The van der Waals surface area contributed by atoms with E-state index < -0.39 is 0 Å². The summed E-state index contributed by atoms with van der Waals surface area (Å²) in [6.45, 7) is 9.76. The van der Waals surface area contributed by atoms with Gasteiger partial charge in [0.2, 0.25) is 17.7 Å². The van der Waals surface area contributed by atoms with Crippen LogP contribution >= 0.6 is 0 Å². The van der Waals surface area contributed by atoms with Crippen LogP contribution in [0.4, 0.5) is 28.8 Å². The molecule has 0 saturated carbocycles. The van der Waals surface area contributed by atoms with Crippen LogP contribution in [0.5, 0.6) is 5.88 Å². The number of nitrogens with zero attached hydrogens (tertiary/aromatic N) is 3. The highest BCUT2D eigenvalue weighted by Gasteiger charge is 2.21. The van der Waals surface area contributed by atoms with Crippen LogP contribution in [-0.2, 0) is 10.2 Å². The van der Waals surface area contributed by atoms with Gasteiger partial charge in [0.25, 0.3) is 0 Å². The Hall–Kier alpha value is -3.94. The molecule has 3 aromatic rings. The van der Waals surface area contributed by atoms with E-state index in [0.717, 1.165) is 16.9 Å². The van der Waals surface area contributed by atoms with Gasteiger partial charge in [0.15, 0.2) is 0 Å². The summed E-state index contributed by atoms with van der Waals surface area (Å²) in [5, 5.41) is 9.26. The number of pyridine rings is 1. The SMILES string of the molecule is C=CC(=O)Nc1cccc(Nc2nc(Nc3ccc(OC)nc3)ncc2C(C)(C)C)c1. The Bertz CT molecular complexity index is 1070. The molecule has 0 aliphatic carbocycles. The number of methoxy groups -OCH3 is 1. The van der Waals surface area contributed by atoms with E-state index in [2.05, 4.69) is 58.3 Å². The van der Waals surface area contributed by atoms with Crippen LogP contribution < -0.4 is 20.7 Å². The van der Waals surface area contributed by atoms with E-state index in [-0.39, 0.29) is 11.3 Å². The van der Waals surface area contributed by atoms with Crippen LogP contribution in [0.15, 0.2) is 61.4 Å². The van der Waals surface area contributed by atoms with Crippen molar-refractivity contribution in [3.63, 3.8) is 0 Å². The number of benzene rings is 1. The zero-order valence-corrected chi connectivity index (χ0v) is 18.1. The van der Waals surface area contributed by atoms with Crippen molar-refractivity contribution in [3.8, 4) is 5.88 Å². The lowest BCUT2D eigenvalue weighted by Crippen LogP contribution is -2.16. The van der Waals surface area contributed by atoms with Gasteiger partial charge in [-0.1, -0.05) is 33.4 Å². The molecule has 160 valence electrons. The molecule has 1 amide bonds. The van der Waals surface area contributed by atoms with Crippen LogP contribution in [-0.4, -0.2) is 28.0 Å². The number of hydrogen-bond acceptors (Lipinski definition) is 7. The van der Waals surface area contributed by atoms with Gasteiger partial charge < -0.3 is 20.7 Å². The summed E-state index contributed by atoms with van der Waals surface area (Å²) in [7, 11) is 1.57. The monoisotopic (exact) mass is 418 g/mol. The molecule has 0 aliphatic rings. The molecule has 31 heavy (non-hydrogen) atoms. The number of rotatable bonds is 7. The molecule has 8 heteroatoms. The van der Waals surface area contributed by atoms with Gasteiger partial charge in [-0.15, -0.1) is 0 Å². The minimum absolute atomic E-state index is 0.183. The van der Waals surface area contributed by atoms with E-state index in [1.54, 1.807) is 31.6 Å². The van der Waals surface area contributed by atoms with Crippen LogP contribution in [0, 0.1) is 0 Å². The Morgan fingerprint density at radius 1 is 1.03 bits per heavy atom. The highest BCUT2D eigenvalue weighted by Crippen LogP contribution is 2.31. The fourth-order valence-electron chi connectivity index (χ4n) is 2.79. The first-order valence-corrected chi connectivity index (χ1v) is 9.73. The fourth-order valence-corrected chi connectivity index (χ4v) is 2.79. The van der Waals surface area contributed by atoms with Gasteiger partial charge in [0.05, 0.1) is 19.0 Å². The van der Waals surface area contributed by atoms with E-state index in [0.29, 0.717) is 23.3 Å². The standard InChI is InChI=1S/C23H26N6O2/c1-6-19(30)26-15-8-7-9-16(12-15)27-21-18(23(2,3)4)14-25-22(29-21)28-17-10-11-20(31-5)24-13-17/h6-14H,1H2,2-5H3,(H,26,30)(H2,25,27,28,29). The molecule has 0 fully saturated rings. The van der Waals surface area contributed by atoms with Crippen molar-refractivity contribution < 1.29 is 9.53 Å². The van der Waals surface area contributed by atoms with Gasteiger partial charge in [0, 0.05) is 29.2 Å². The third-order valence-electron chi connectivity index (χ3n) is 4.38. The van der Waals surface area contributed by atoms with Crippen LogP contribution in [0.3, 0.4) is 0 Å². The van der Waals surface area contributed by atoms with Gasteiger partial charge in [-0.25, -0.2) is 9.97 Å². The van der Waals surface area contributed by atoms with Crippen molar-refractivity contribution >= 4 is 34.7 Å². The number of hydrogen-bond donors (Lipinski definition) is 3. The minimum Gasteiger partial charge on any atom is -0.481 e. The van der Waals surface area contributed by atoms with Gasteiger partial charge in [-0.2, -0.15) is 4.98 Å². The zero-order valence-electron chi connectivity index (χ0n) is 18.1. The van der Waals surface area contributed by atoms with Gasteiger partial charge in [-0.3, -0.25) is 4.79 Å². The number of carbonyl (C=O) groups excluding carboxylic acids is 1. The van der Waals surface area contributed by atoms with Crippen molar-refractivity contribution in [2.24, 2.45) is 0 Å². The topological polar surface area (TPSA) is 101 Å². The van der Waals surface area contributed by atoms with E-state index in [1.165, 1.54) is 6.08 Å². The average molecular weight is 419 g/mol. The Balaban J connectivity index is 1.89. The first-order chi connectivity index (χ1) is 14.8. The smallest absolute Gasteiger partial charge is 0.247 e. The molecular weight excluding hydrogens is 392 g/mol. The maximum Gasteiger partial charge on any atom is 0.247 e. The van der Waals surface area contributed by atoms with E-state index in [1.807, 2.05) is 24.3 Å². The molecule has 0 atom stereocenters. The summed E-state index contributed by atoms with van der Waals surface area (Å²) >= 11 is 0. The van der Waals surface area contributed by atoms with E-state index in [4.69, 9.17) is 4.74 Å². The molecule has 8 nitrogen and oxygen atoms in total. The van der Waals surface area contributed by atoms with Gasteiger partial charge in [-0.05, 0) is 35.8 Å². The fraction of sp³-hybridized carbons (Fsp3) is 0.217. The molecule has 3 N–H and O–H groups in total. The second-order valence-corrected chi connectivity index (χ2v) is 7.82. The number of nitrogens with one attached hydrogen (secondary N) is 3. The molecule has 3 rings (SSSR count). The predicted molar refractivity (Wildman–Crippen MR) is 123 cm³/mol. The Labute approximate surface area is 181 Å². The maximum atomic E-state index is 11.6. The maximum absolute atomic E-state index is 11.6. The second kappa shape index (κ2) is 9.25. The molecule has 0 spiro atoms. The van der Waals surface area contributed by atoms with Crippen molar-refractivity contribution in [1.29, 1.82) is 0 Å². The molecule has 0 unspecified atom stereocenters. The quantitative estimate of drug-likeness (QED) is 0.474. The Morgan fingerprint density at radius 3 is 2.45 bits per heavy atom. The van der Waals surface area contributed by atoms with Crippen LogP contribution in [0.1, 0.15) is 26.3 Å². The molecule has 0 radical (unpaired) electrons. The average Bonchev–Trinajstić information content (AvgIpc) is 2.74. The predicted octanol–water partition coefficient (Wildman–Crippen LogP) is 4.79. The summed E-state index contributed by atoms with van der Waals surface area (Å²) < 4.78 is 5.09. The molecular formula is C23H26N6O2. The lowest BCUT2D eigenvalue weighted by Gasteiger charge is -2.23. The molecule has 0 aliphatic heterocycles. The minimum atomic E-state index is -0.269. The number of amides is 1. The summed E-state index contributed by atoms with van der Waals surface area (Å²) in [4.78, 5) is 24.9. The van der Waals surface area contributed by atoms with Crippen molar-refractivity contribution in [1.82, 2.24) is 15.0 Å².